The third-order valence-electron chi connectivity index (χ3n) is 4.65. The number of methoxy groups -OCH3 is 1. The molecule has 1 aromatic carbocycles. The zero-order valence-corrected chi connectivity index (χ0v) is 14.5. The van der Waals surface area contributed by atoms with Crippen LogP contribution in [0.15, 0.2) is 24.3 Å². The van der Waals surface area contributed by atoms with Gasteiger partial charge in [-0.2, -0.15) is 0 Å². The maximum absolute atomic E-state index is 12.6. The van der Waals surface area contributed by atoms with Gasteiger partial charge in [-0.15, -0.1) is 0 Å². The van der Waals surface area contributed by atoms with E-state index in [0.717, 1.165) is 43.2 Å². The number of fused-ring (bicyclic) bond motifs is 1. The fraction of sp³-hybridized carbons (Fsp3) is 0.526. The van der Waals surface area contributed by atoms with Crippen LogP contribution < -0.4 is 5.32 Å². The van der Waals surface area contributed by atoms with Gasteiger partial charge in [0, 0.05) is 0 Å². The minimum atomic E-state index is -1.08. The Morgan fingerprint density at radius 3 is 2.48 bits per heavy atom. The van der Waals surface area contributed by atoms with Crippen LogP contribution in [-0.4, -0.2) is 36.1 Å². The van der Waals surface area contributed by atoms with Crippen molar-refractivity contribution in [2.24, 2.45) is 5.92 Å². The van der Waals surface area contributed by atoms with Gasteiger partial charge in [0.25, 0.3) is 0 Å². The Kier molecular flexibility index (Phi) is 6.98. The van der Waals surface area contributed by atoms with Crippen molar-refractivity contribution in [3.8, 4) is 0 Å². The van der Waals surface area contributed by atoms with E-state index in [9.17, 15) is 19.5 Å². The molecule has 6 nitrogen and oxygen atoms in total. The maximum Gasteiger partial charge on any atom is 0.326 e. The zero-order chi connectivity index (χ0) is 18.2. The van der Waals surface area contributed by atoms with E-state index >= 15 is 0 Å². The van der Waals surface area contributed by atoms with Crippen LogP contribution in [0, 0.1) is 5.92 Å². The van der Waals surface area contributed by atoms with Gasteiger partial charge in [-0.3, -0.25) is 9.59 Å². The number of hydrogen-bond donors (Lipinski definition) is 2. The van der Waals surface area contributed by atoms with Gasteiger partial charge in [0.05, 0.1) is 7.11 Å². The van der Waals surface area contributed by atoms with Gasteiger partial charge in [-0.25, -0.2) is 4.79 Å². The van der Waals surface area contributed by atoms with E-state index in [1.165, 1.54) is 7.11 Å². The Hall–Kier alpha value is -2.37. The SMILES string of the molecule is COC(=O)C1Cc2ccccc2CCCCCC[C@@H](C(=O)O)NC1=O. The van der Waals surface area contributed by atoms with Crippen molar-refractivity contribution >= 4 is 17.8 Å². The summed E-state index contributed by atoms with van der Waals surface area (Å²) in [6.07, 6.45) is 5.11. The Morgan fingerprint density at radius 2 is 1.80 bits per heavy atom. The average molecular weight is 347 g/mol. The number of ether oxygens (including phenoxy) is 1. The van der Waals surface area contributed by atoms with Crippen LogP contribution in [-0.2, 0) is 32.0 Å². The van der Waals surface area contributed by atoms with Crippen LogP contribution in [0.3, 0.4) is 0 Å². The first-order chi connectivity index (χ1) is 12.0. The third-order valence-corrected chi connectivity index (χ3v) is 4.65. The number of carboxylic acid groups (broad SMARTS) is 1. The van der Waals surface area contributed by atoms with Crippen molar-refractivity contribution in [1.82, 2.24) is 5.32 Å². The summed E-state index contributed by atoms with van der Waals surface area (Å²) in [6, 6.07) is 6.78. The second kappa shape index (κ2) is 9.20. The molecular formula is C19H25NO5. The summed E-state index contributed by atoms with van der Waals surface area (Å²) in [7, 11) is 1.23. The van der Waals surface area contributed by atoms with Crippen LogP contribution in [0.4, 0.5) is 0 Å². The molecular weight excluding hydrogens is 322 g/mol. The smallest absolute Gasteiger partial charge is 0.326 e. The summed E-state index contributed by atoms with van der Waals surface area (Å²) in [4.78, 5) is 36.1. The molecule has 2 atom stereocenters. The predicted octanol–water partition coefficient (Wildman–Crippen LogP) is 2.09. The molecule has 1 aromatic rings. The van der Waals surface area contributed by atoms with Gasteiger partial charge in [0.1, 0.15) is 12.0 Å². The Balaban J connectivity index is 2.31. The topological polar surface area (TPSA) is 92.7 Å². The molecule has 1 heterocycles. The van der Waals surface area contributed by atoms with Gasteiger partial charge in [0.15, 0.2) is 0 Å². The third kappa shape index (κ3) is 5.31. The van der Waals surface area contributed by atoms with Gasteiger partial charge < -0.3 is 15.2 Å². The van der Waals surface area contributed by atoms with Crippen molar-refractivity contribution < 1.29 is 24.2 Å². The van der Waals surface area contributed by atoms with E-state index in [1.807, 2.05) is 24.3 Å². The van der Waals surface area contributed by atoms with E-state index in [-0.39, 0.29) is 6.42 Å². The monoisotopic (exact) mass is 347 g/mol. The van der Waals surface area contributed by atoms with E-state index in [2.05, 4.69) is 5.32 Å². The summed E-state index contributed by atoms with van der Waals surface area (Å²) in [5, 5.41) is 11.8. The minimum absolute atomic E-state index is 0.209. The lowest BCUT2D eigenvalue weighted by molar-refractivity contribution is -0.152. The summed E-state index contributed by atoms with van der Waals surface area (Å²) in [5.74, 6) is -3.36. The molecule has 1 aliphatic heterocycles. The number of carboxylic acids is 1. The molecule has 0 radical (unpaired) electrons. The van der Waals surface area contributed by atoms with Crippen molar-refractivity contribution in [3.63, 3.8) is 0 Å². The van der Waals surface area contributed by atoms with Crippen LogP contribution in [0.1, 0.15) is 43.2 Å². The number of nitrogens with one attached hydrogen (secondary N) is 1. The first kappa shape index (κ1) is 19.0. The Labute approximate surface area is 147 Å². The maximum atomic E-state index is 12.6. The summed E-state index contributed by atoms with van der Waals surface area (Å²) >= 11 is 0. The highest BCUT2D eigenvalue weighted by atomic mass is 16.5. The van der Waals surface area contributed by atoms with E-state index < -0.39 is 29.8 Å². The molecule has 25 heavy (non-hydrogen) atoms. The number of aliphatic carboxylic acids is 1. The summed E-state index contributed by atoms with van der Waals surface area (Å²) in [5.41, 5.74) is 2.05. The lowest BCUT2D eigenvalue weighted by Crippen LogP contribution is -2.46. The molecule has 0 spiro atoms. The number of carbonyl (C=O) groups excluding carboxylic acids is 2. The second-order valence-corrected chi connectivity index (χ2v) is 6.40. The van der Waals surface area contributed by atoms with E-state index in [4.69, 9.17) is 4.74 Å². The number of amides is 1. The van der Waals surface area contributed by atoms with Crippen molar-refractivity contribution in [2.45, 2.75) is 51.0 Å². The molecule has 0 aliphatic carbocycles. The normalized spacial score (nSPS) is 22.4. The van der Waals surface area contributed by atoms with Gasteiger partial charge in [0.2, 0.25) is 5.91 Å². The number of benzene rings is 1. The van der Waals surface area contributed by atoms with Crippen molar-refractivity contribution in [2.75, 3.05) is 7.11 Å². The first-order valence-electron chi connectivity index (χ1n) is 8.70. The van der Waals surface area contributed by atoms with Crippen molar-refractivity contribution in [3.05, 3.63) is 35.4 Å². The standard InChI is InChI=1S/C19H25NO5/c1-25-19(24)15-12-14-10-7-6-9-13(14)8-4-2-3-5-11-16(18(22)23)20-17(15)21/h6-7,9-10,15-16H,2-5,8,11-12H2,1H3,(H,20,21)(H,22,23)/t15?,16-/m0/s1. The Morgan fingerprint density at radius 1 is 1.12 bits per heavy atom. The largest absolute Gasteiger partial charge is 0.480 e. The molecule has 0 fully saturated rings. The molecule has 0 aromatic heterocycles. The number of hydrogen-bond acceptors (Lipinski definition) is 4. The highest BCUT2D eigenvalue weighted by Crippen LogP contribution is 2.20. The number of esters is 1. The number of aryl methyl sites for hydroxylation is 1. The molecule has 1 unspecified atom stereocenters. The quantitative estimate of drug-likeness (QED) is 0.631. The fourth-order valence-electron chi connectivity index (χ4n) is 3.19. The van der Waals surface area contributed by atoms with E-state index in [0.29, 0.717) is 6.42 Å². The fourth-order valence-corrected chi connectivity index (χ4v) is 3.19. The molecule has 2 rings (SSSR count). The van der Waals surface area contributed by atoms with Crippen LogP contribution in [0.2, 0.25) is 0 Å². The second-order valence-electron chi connectivity index (χ2n) is 6.40. The minimum Gasteiger partial charge on any atom is -0.480 e. The molecule has 1 amide bonds. The predicted molar refractivity (Wildman–Crippen MR) is 92.0 cm³/mol. The zero-order valence-electron chi connectivity index (χ0n) is 14.5. The van der Waals surface area contributed by atoms with Crippen LogP contribution in [0.25, 0.3) is 0 Å². The number of rotatable bonds is 2. The molecule has 1 aliphatic rings. The van der Waals surface area contributed by atoms with Crippen LogP contribution >= 0.6 is 0 Å². The summed E-state index contributed by atoms with van der Waals surface area (Å²) in [6.45, 7) is 0. The van der Waals surface area contributed by atoms with Crippen molar-refractivity contribution in [1.29, 1.82) is 0 Å². The highest BCUT2D eigenvalue weighted by molar-refractivity contribution is 5.99. The lowest BCUT2D eigenvalue weighted by Gasteiger charge is -2.19. The first-order valence-corrected chi connectivity index (χ1v) is 8.70. The lowest BCUT2D eigenvalue weighted by atomic mass is 9.92. The van der Waals surface area contributed by atoms with Gasteiger partial charge in [-0.1, -0.05) is 43.5 Å². The molecule has 0 saturated heterocycles. The van der Waals surface area contributed by atoms with Gasteiger partial charge in [-0.05, 0) is 36.8 Å². The average Bonchev–Trinajstić information content (AvgIpc) is 2.62. The van der Waals surface area contributed by atoms with Gasteiger partial charge >= 0.3 is 11.9 Å². The van der Waals surface area contributed by atoms with E-state index in [1.54, 1.807) is 0 Å². The molecule has 2 N–H and O–H groups in total. The highest BCUT2D eigenvalue weighted by Gasteiger charge is 2.31. The number of carbonyl (C=O) groups is 3. The molecule has 136 valence electrons. The molecule has 6 heteroatoms. The summed E-state index contributed by atoms with van der Waals surface area (Å²) < 4.78 is 4.77. The molecule has 0 saturated carbocycles. The molecule has 0 bridgehead atoms. The Bertz CT molecular complexity index is 628. The van der Waals surface area contributed by atoms with Crippen LogP contribution in [0.5, 0.6) is 0 Å².